The molecule has 0 atom stereocenters. The van der Waals surface area contributed by atoms with E-state index >= 15 is 0 Å². The van der Waals surface area contributed by atoms with Gasteiger partial charge < -0.3 is 15.4 Å². The van der Waals surface area contributed by atoms with Crippen LogP contribution in [0, 0.1) is 6.92 Å². The predicted octanol–water partition coefficient (Wildman–Crippen LogP) is 4.30. The Balaban J connectivity index is 1.56. The smallest absolute Gasteiger partial charge is 0.228 e. The summed E-state index contributed by atoms with van der Waals surface area (Å²) in [5.41, 5.74) is 5.80. The number of aliphatic hydroxyl groups excluding tert-OH is 1. The molecule has 1 heterocycles. The highest BCUT2D eigenvalue weighted by atomic mass is 16.3. The lowest BCUT2D eigenvalue weighted by molar-refractivity contribution is -0.115. The molecule has 1 aromatic heterocycles. The molecule has 4 aromatic rings. The fourth-order valence-electron chi connectivity index (χ4n) is 3.32. The molecule has 0 aliphatic carbocycles. The van der Waals surface area contributed by atoms with Gasteiger partial charge >= 0.3 is 0 Å². The van der Waals surface area contributed by atoms with Crippen molar-refractivity contribution in [2.75, 3.05) is 5.32 Å². The third kappa shape index (κ3) is 3.19. The molecular weight excluding hydrogens is 324 g/mol. The van der Waals surface area contributed by atoms with Crippen molar-refractivity contribution in [3.63, 3.8) is 0 Å². The van der Waals surface area contributed by atoms with Crippen LogP contribution >= 0.6 is 0 Å². The SMILES string of the molecule is Cc1ccc2c(c1)[nH]c1cc(CC(=O)Nc3cccc(CO)c3)ccc12. The monoisotopic (exact) mass is 344 g/mol. The maximum atomic E-state index is 12.4. The number of aromatic nitrogens is 1. The van der Waals surface area contributed by atoms with Gasteiger partial charge in [-0.2, -0.15) is 0 Å². The Morgan fingerprint density at radius 1 is 0.962 bits per heavy atom. The molecular formula is C22H20N2O2. The summed E-state index contributed by atoms with van der Waals surface area (Å²) in [6, 6.07) is 19.7. The van der Waals surface area contributed by atoms with E-state index in [1.807, 2.05) is 30.3 Å². The average molecular weight is 344 g/mol. The molecule has 130 valence electrons. The van der Waals surface area contributed by atoms with E-state index in [1.54, 1.807) is 6.07 Å². The molecule has 0 bridgehead atoms. The summed E-state index contributed by atoms with van der Waals surface area (Å²) in [5, 5.41) is 14.4. The molecule has 0 unspecified atom stereocenters. The van der Waals surface area contributed by atoms with Crippen LogP contribution in [0.3, 0.4) is 0 Å². The minimum absolute atomic E-state index is 0.0414. The number of rotatable bonds is 4. The van der Waals surface area contributed by atoms with Gasteiger partial charge in [0.15, 0.2) is 0 Å². The van der Waals surface area contributed by atoms with Crippen LogP contribution in [-0.4, -0.2) is 16.0 Å². The lowest BCUT2D eigenvalue weighted by Crippen LogP contribution is -2.14. The van der Waals surface area contributed by atoms with Gasteiger partial charge in [0.2, 0.25) is 5.91 Å². The first-order valence-electron chi connectivity index (χ1n) is 8.63. The van der Waals surface area contributed by atoms with E-state index in [1.165, 1.54) is 16.3 Å². The standard InChI is InChI=1S/C22H20N2O2/c1-14-5-7-18-19-8-6-15(11-21(19)24-20(18)9-14)12-22(26)23-17-4-2-3-16(10-17)13-25/h2-11,24-25H,12-13H2,1H3,(H,23,26). The third-order valence-electron chi connectivity index (χ3n) is 4.58. The van der Waals surface area contributed by atoms with Gasteiger partial charge in [0.05, 0.1) is 13.0 Å². The molecule has 3 N–H and O–H groups in total. The topological polar surface area (TPSA) is 65.1 Å². The average Bonchev–Trinajstić information content (AvgIpc) is 2.98. The molecule has 0 aliphatic rings. The van der Waals surface area contributed by atoms with Crippen LogP contribution in [0.1, 0.15) is 16.7 Å². The second-order valence-electron chi connectivity index (χ2n) is 6.64. The molecule has 4 rings (SSSR count). The Hall–Kier alpha value is -3.11. The van der Waals surface area contributed by atoms with Crippen molar-refractivity contribution in [3.8, 4) is 0 Å². The van der Waals surface area contributed by atoms with E-state index in [0.29, 0.717) is 12.1 Å². The maximum absolute atomic E-state index is 12.4. The first-order valence-corrected chi connectivity index (χ1v) is 8.63. The normalized spacial score (nSPS) is 11.2. The number of aliphatic hydroxyl groups is 1. The van der Waals surface area contributed by atoms with Gasteiger partial charge in [-0.15, -0.1) is 0 Å². The zero-order valence-electron chi connectivity index (χ0n) is 14.5. The Bertz CT molecular complexity index is 1110. The van der Waals surface area contributed by atoms with Gasteiger partial charge in [-0.3, -0.25) is 4.79 Å². The number of amides is 1. The number of fused-ring (bicyclic) bond motifs is 3. The Morgan fingerprint density at radius 2 is 1.73 bits per heavy atom. The van der Waals surface area contributed by atoms with E-state index in [-0.39, 0.29) is 12.5 Å². The lowest BCUT2D eigenvalue weighted by atomic mass is 10.1. The number of benzene rings is 3. The zero-order valence-corrected chi connectivity index (χ0v) is 14.5. The molecule has 1 amide bonds. The summed E-state index contributed by atoms with van der Waals surface area (Å²) in [4.78, 5) is 15.8. The highest BCUT2D eigenvalue weighted by Gasteiger charge is 2.08. The van der Waals surface area contributed by atoms with Gasteiger partial charge in [0, 0.05) is 27.5 Å². The Kier molecular flexibility index (Phi) is 4.19. The van der Waals surface area contributed by atoms with Gasteiger partial charge in [-0.05, 0) is 47.9 Å². The molecule has 0 saturated carbocycles. The van der Waals surface area contributed by atoms with Crippen molar-refractivity contribution in [1.29, 1.82) is 0 Å². The fraction of sp³-hybridized carbons (Fsp3) is 0.136. The van der Waals surface area contributed by atoms with Gasteiger partial charge in [0.25, 0.3) is 0 Å². The summed E-state index contributed by atoms with van der Waals surface area (Å²) in [6.45, 7) is 2.03. The number of anilines is 1. The number of aryl methyl sites for hydroxylation is 1. The number of H-pyrrole nitrogens is 1. The summed E-state index contributed by atoms with van der Waals surface area (Å²) in [5.74, 6) is -0.0774. The number of hydrogen-bond acceptors (Lipinski definition) is 2. The molecule has 0 aliphatic heterocycles. The molecule has 0 saturated heterocycles. The molecule has 0 fully saturated rings. The van der Waals surface area contributed by atoms with E-state index < -0.39 is 0 Å². The molecule has 26 heavy (non-hydrogen) atoms. The van der Waals surface area contributed by atoms with Crippen LogP contribution in [0.4, 0.5) is 5.69 Å². The van der Waals surface area contributed by atoms with E-state index in [4.69, 9.17) is 0 Å². The highest BCUT2D eigenvalue weighted by Crippen LogP contribution is 2.27. The first-order chi connectivity index (χ1) is 12.6. The summed E-state index contributed by atoms with van der Waals surface area (Å²) in [7, 11) is 0. The molecule has 4 nitrogen and oxygen atoms in total. The van der Waals surface area contributed by atoms with Crippen LogP contribution in [-0.2, 0) is 17.8 Å². The zero-order chi connectivity index (χ0) is 18.1. The van der Waals surface area contributed by atoms with E-state index in [9.17, 15) is 9.90 Å². The van der Waals surface area contributed by atoms with Gasteiger partial charge in [0.1, 0.15) is 0 Å². The van der Waals surface area contributed by atoms with Gasteiger partial charge in [-0.25, -0.2) is 0 Å². The largest absolute Gasteiger partial charge is 0.392 e. The van der Waals surface area contributed by atoms with Crippen molar-refractivity contribution >= 4 is 33.4 Å². The molecule has 0 spiro atoms. The van der Waals surface area contributed by atoms with E-state index in [2.05, 4.69) is 41.5 Å². The minimum atomic E-state index is -0.0774. The van der Waals surface area contributed by atoms with Crippen LogP contribution in [0.5, 0.6) is 0 Å². The quantitative estimate of drug-likeness (QED) is 0.517. The Labute approximate surface area is 151 Å². The summed E-state index contributed by atoms with van der Waals surface area (Å²) < 4.78 is 0. The minimum Gasteiger partial charge on any atom is -0.392 e. The molecule has 0 radical (unpaired) electrons. The summed E-state index contributed by atoms with van der Waals surface area (Å²) >= 11 is 0. The second-order valence-corrected chi connectivity index (χ2v) is 6.64. The van der Waals surface area contributed by atoms with Crippen LogP contribution in [0.25, 0.3) is 21.8 Å². The van der Waals surface area contributed by atoms with Crippen molar-refractivity contribution in [3.05, 3.63) is 77.4 Å². The molecule has 3 aromatic carbocycles. The summed E-state index contributed by atoms with van der Waals surface area (Å²) in [6.07, 6.45) is 0.299. The van der Waals surface area contributed by atoms with Crippen LogP contribution in [0.2, 0.25) is 0 Å². The van der Waals surface area contributed by atoms with Crippen molar-refractivity contribution in [2.24, 2.45) is 0 Å². The van der Waals surface area contributed by atoms with Crippen LogP contribution in [0.15, 0.2) is 60.7 Å². The highest BCUT2D eigenvalue weighted by molar-refractivity contribution is 6.07. The first kappa shape index (κ1) is 16.4. The number of carbonyl (C=O) groups is 1. The van der Waals surface area contributed by atoms with Crippen molar-refractivity contribution in [2.45, 2.75) is 20.0 Å². The van der Waals surface area contributed by atoms with Crippen molar-refractivity contribution in [1.82, 2.24) is 4.98 Å². The maximum Gasteiger partial charge on any atom is 0.228 e. The lowest BCUT2D eigenvalue weighted by Gasteiger charge is -2.07. The number of hydrogen-bond donors (Lipinski definition) is 3. The third-order valence-corrected chi connectivity index (χ3v) is 4.58. The van der Waals surface area contributed by atoms with Gasteiger partial charge in [-0.1, -0.05) is 36.4 Å². The fourth-order valence-corrected chi connectivity index (χ4v) is 3.32. The predicted molar refractivity (Wildman–Crippen MR) is 105 cm³/mol. The second kappa shape index (κ2) is 6.65. The number of aromatic amines is 1. The van der Waals surface area contributed by atoms with Crippen LogP contribution < -0.4 is 5.32 Å². The number of nitrogens with one attached hydrogen (secondary N) is 2. The Morgan fingerprint density at radius 3 is 2.54 bits per heavy atom. The molecule has 4 heteroatoms. The van der Waals surface area contributed by atoms with E-state index in [0.717, 1.165) is 22.2 Å². The van der Waals surface area contributed by atoms with Crippen molar-refractivity contribution < 1.29 is 9.90 Å². The number of carbonyl (C=O) groups excluding carboxylic acids is 1.